The lowest BCUT2D eigenvalue weighted by Crippen LogP contribution is -2.06. The lowest BCUT2D eigenvalue weighted by atomic mass is 10.2. The highest BCUT2D eigenvalue weighted by Gasteiger charge is 2.32. The van der Waals surface area contributed by atoms with Gasteiger partial charge in [0.05, 0.1) is 21.3 Å². The quantitative estimate of drug-likeness (QED) is 0.577. The second kappa shape index (κ2) is 5.61. The lowest BCUT2D eigenvalue weighted by molar-refractivity contribution is -0.137. The fraction of sp³-hybridized carbons (Fsp3) is 0.0769. The molecule has 0 spiro atoms. The molecule has 0 saturated carbocycles. The van der Waals surface area contributed by atoms with Crippen molar-refractivity contribution in [3.63, 3.8) is 0 Å². The molecular weight excluding hydrogens is 333 g/mol. The van der Waals surface area contributed by atoms with E-state index in [2.05, 4.69) is 0 Å². The molecule has 0 aromatic heterocycles. The van der Waals surface area contributed by atoms with E-state index >= 15 is 0 Å². The SMILES string of the molecule is Nc1cc(Oc2c(F)cc(C(F)(F)F)cc2Cl)ccc1Cl. The number of ether oxygens (including phenoxy) is 1. The molecule has 2 rings (SSSR count). The minimum atomic E-state index is -4.70. The number of hydrogen-bond acceptors (Lipinski definition) is 2. The van der Waals surface area contributed by atoms with Crippen molar-refractivity contribution in [1.29, 1.82) is 0 Å². The number of rotatable bonds is 2. The molecule has 2 nitrogen and oxygen atoms in total. The maximum absolute atomic E-state index is 13.7. The minimum Gasteiger partial charge on any atom is -0.453 e. The standard InChI is InChI=1S/C13H7Cl2F4NO/c14-8-2-1-7(5-11(8)20)21-12-9(15)3-6(4-10(12)16)13(17,18)19/h1-5H,20H2. The molecular formula is C13H7Cl2F4NO. The molecule has 0 atom stereocenters. The molecule has 2 N–H and O–H groups in total. The molecule has 2 aromatic carbocycles. The zero-order chi connectivity index (χ0) is 15.8. The van der Waals surface area contributed by atoms with Crippen LogP contribution in [-0.4, -0.2) is 0 Å². The normalized spacial score (nSPS) is 11.5. The first-order valence-electron chi connectivity index (χ1n) is 5.47. The Morgan fingerprint density at radius 3 is 2.19 bits per heavy atom. The van der Waals surface area contributed by atoms with Crippen molar-refractivity contribution in [3.8, 4) is 11.5 Å². The Hall–Kier alpha value is -1.66. The summed E-state index contributed by atoms with van der Waals surface area (Å²) in [5.41, 5.74) is 4.52. The average Bonchev–Trinajstić information content (AvgIpc) is 2.36. The molecule has 0 aliphatic rings. The predicted molar refractivity (Wildman–Crippen MR) is 72.4 cm³/mol. The lowest BCUT2D eigenvalue weighted by Gasteiger charge is -2.13. The third-order valence-electron chi connectivity index (χ3n) is 2.51. The van der Waals surface area contributed by atoms with E-state index in [0.29, 0.717) is 12.1 Å². The number of alkyl halides is 3. The highest BCUT2D eigenvalue weighted by molar-refractivity contribution is 6.33. The minimum absolute atomic E-state index is 0.0949. The van der Waals surface area contributed by atoms with Crippen molar-refractivity contribution in [2.45, 2.75) is 6.18 Å². The smallest absolute Gasteiger partial charge is 0.416 e. The summed E-state index contributed by atoms with van der Waals surface area (Å²) in [4.78, 5) is 0. The third kappa shape index (κ3) is 3.51. The van der Waals surface area contributed by atoms with Gasteiger partial charge in [-0.1, -0.05) is 23.2 Å². The zero-order valence-electron chi connectivity index (χ0n) is 10.1. The van der Waals surface area contributed by atoms with Crippen molar-refractivity contribution in [2.75, 3.05) is 5.73 Å². The van der Waals surface area contributed by atoms with Crippen molar-refractivity contribution in [3.05, 3.63) is 51.8 Å². The molecule has 8 heteroatoms. The summed E-state index contributed by atoms with van der Waals surface area (Å²) < 4.78 is 56.4. The predicted octanol–water partition coefficient (Wildman–Crippen LogP) is 5.53. The second-order valence-electron chi connectivity index (χ2n) is 4.05. The fourth-order valence-electron chi connectivity index (χ4n) is 1.52. The van der Waals surface area contributed by atoms with Gasteiger partial charge in [-0.05, 0) is 24.3 Å². The van der Waals surface area contributed by atoms with Crippen molar-refractivity contribution in [1.82, 2.24) is 0 Å². The van der Waals surface area contributed by atoms with Crippen LogP contribution in [0.1, 0.15) is 5.56 Å². The Bertz CT molecular complexity index is 665. The van der Waals surface area contributed by atoms with Crippen LogP contribution >= 0.6 is 23.2 Å². The number of hydrogen-bond donors (Lipinski definition) is 1. The number of anilines is 1. The molecule has 0 radical (unpaired) electrons. The first-order valence-corrected chi connectivity index (χ1v) is 6.23. The Labute approximate surface area is 127 Å². The number of halogens is 6. The van der Waals surface area contributed by atoms with E-state index in [-0.39, 0.29) is 16.5 Å². The fourth-order valence-corrected chi connectivity index (χ4v) is 1.89. The van der Waals surface area contributed by atoms with Gasteiger partial charge in [-0.3, -0.25) is 0 Å². The summed E-state index contributed by atoms with van der Waals surface area (Å²) in [5.74, 6) is -1.66. The first-order chi connectivity index (χ1) is 9.68. The third-order valence-corrected chi connectivity index (χ3v) is 3.14. The van der Waals surface area contributed by atoms with Crippen molar-refractivity contribution >= 4 is 28.9 Å². The molecule has 0 bridgehead atoms. The molecule has 0 fully saturated rings. The zero-order valence-corrected chi connectivity index (χ0v) is 11.7. The molecule has 0 aliphatic heterocycles. The Kier molecular flexibility index (Phi) is 4.20. The Balaban J connectivity index is 2.39. The summed E-state index contributed by atoms with van der Waals surface area (Å²) in [6.45, 7) is 0. The maximum Gasteiger partial charge on any atom is 0.416 e. The van der Waals surface area contributed by atoms with E-state index in [4.69, 9.17) is 33.7 Å². The van der Waals surface area contributed by atoms with Gasteiger partial charge in [-0.15, -0.1) is 0 Å². The molecule has 0 unspecified atom stereocenters. The number of nitrogen functional groups attached to an aromatic ring is 1. The van der Waals surface area contributed by atoms with E-state index in [0.717, 1.165) is 0 Å². The number of benzene rings is 2. The van der Waals surface area contributed by atoms with Gasteiger partial charge in [-0.2, -0.15) is 13.2 Å². The summed E-state index contributed by atoms with van der Waals surface area (Å²) in [7, 11) is 0. The Morgan fingerprint density at radius 2 is 1.67 bits per heavy atom. The first kappa shape index (κ1) is 15.7. The van der Waals surface area contributed by atoms with Gasteiger partial charge in [0.25, 0.3) is 0 Å². The van der Waals surface area contributed by atoms with E-state index in [9.17, 15) is 17.6 Å². The highest BCUT2D eigenvalue weighted by Crippen LogP contribution is 2.39. The van der Waals surface area contributed by atoms with Crippen LogP contribution in [0.5, 0.6) is 11.5 Å². The van der Waals surface area contributed by atoms with E-state index in [1.807, 2.05) is 0 Å². The van der Waals surface area contributed by atoms with Crippen LogP contribution in [0.15, 0.2) is 30.3 Å². The second-order valence-corrected chi connectivity index (χ2v) is 4.87. The maximum atomic E-state index is 13.7. The largest absolute Gasteiger partial charge is 0.453 e. The van der Waals surface area contributed by atoms with Crippen LogP contribution in [0.25, 0.3) is 0 Å². The number of nitrogens with two attached hydrogens (primary N) is 1. The Morgan fingerprint density at radius 1 is 1.00 bits per heavy atom. The van der Waals surface area contributed by atoms with Crippen LogP contribution in [0, 0.1) is 5.82 Å². The van der Waals surface area contributed by atoms with Crippen LogP contribution in [0.2, 0.25) is 10.0 Å². The van der Waals surface area contributed by atoms with Crippen LogP contribution in [-0.2, 0) is 6.18 Å². The van der Waals surface area contributed by atoms with Crippen LogP contribution in [0.4, 0.5) is 23.2 Å². The molecule has 0 amide bonds. The topological polar surface area (TPSA) is 35.2 Å². The van der Waals surface area contributed by atoms with Crippen LogP contribution < -0.4 is 10.5 Å². The highest BCUT2D eigenvalue weighted by atomic mass is 35.5. The summed E-state index contributed by atoms with van der Waals surface area (Å²) >= 11 is 11.4. The molecule has 21 heavy (non-hydrogen) atoms. The summed E-state index contributed by atoms with van der Waals surface area (Å²) in [6, 6.07) is 4.98. The van der Waals surface area contributed by atoms with Gasteiger partial charge in [-0.25, -0.2) is 4.39 Å². The van der Waals surface area contributed by atoms with Gasteiger partial charge in [0.1, 0.15) is 5.75 Å². The van der Waals surface area contributed by atoms with Gasteiger partial charge in [0.15, 0.2) is 11.6 Å². The van der Waals surface area contributed by atoms with E-state index in [1.165, 1.54) is 18.2 Å². The molecule has 0 saturated heterocycles. The van der Waals surface area contributed by atoms with Gasteiger partial charge >= 0.3 is 6.18 Å². The van der Waals surface area contributed by atoms with Gasteiger partial charge in [0.2, 0.25) is 0 Å². The van der Waals surface area contributed by atoms with E-state index in [1.54, 1.807) is 0 Å². The molecule has 0 heterocycles. The van der Waals surface area contributed by atoms with Crippen LogP contribution in [0.3, 0.4) is 0 Å². The average molecular weight is 340 g/mol. The molecule has 112 valence electrons. The van der Waals surface area contributed by atoms with E-state index < -0.39 is 28.3 Å². The van der Waals surface area contributed by atoms with Gasteiger partial charge < -0.3 is 10.5 Å². The monoisotopic (exact) mass is 339 g/mol. The molecule has 0 aliphatic carbocycles. The van der Waals surface area contributed by atoms with Crippen molar-refractivity contribution in [2.24, 2.45) is 0 Å². The van der Waals surface area contributed by atoms with Crippen molar-refractivity contribution < 1.29 is 22.3 Å². The van der Waals surface area contributed by atoms with Gasteiger partial charge in [0, 0.05) is 6.07 Å². The summed E-state index contributed by atoms with van der Waals surface area (Å²) in [5, 5.41) is -0.239. The summed E-state index contributed by atoms with van der Waals surface area (Å²) in [6.07, 6.45) is -4.70. The molecule has 2 aromatic rings.